The Labute approximate surface area is 186 Å². The molecule has 158 valence electrons. The Morgan fingerprint density at radius 1 is 1.27 bits per heavy atom. The van der Waals surface area contributed by atoms with Gasteiger partial charge in [-0.05, 0) is 50.1 Å². The Morgan fingerprint density at radius 2 is 2.10 bits per heavy atom. The summed E-state index contributed by atoms with van der Waals surface area (Å²) in [6.07, 6.45) is 6.30. The van der Waals surface area contributed by atoms with Crippen molar-refractivity contribution >= 4 is 27.6 Å². The minimum Gasteiger partial charge on any atom is -0.494 e. The van der Waals surface area contributed by atoms with Crippen molar-refractivity contribution < 1.29 is 9.53 Å². The maximum absolute atomic E-state index is 13.1. The molecular formula is C23H27BrN4O2. The van der Waals surface area contributed by atoms with Gasteiger partial charge in [0.05, 0.1) is 19.5 Å². The average Bonchev–Trinajstić information content (AvgIpc) is 3.25. The first-order valence-electron chi connectivity index (χ1n) is 10.1. The number of hydrogen-bond acceptors (Lipinski definition) is 3. The van der Waals surface area contributed by atoms with Crippen molar-refractivity contribution in [1.82, 2.24) is 14.5 Å². The summed E-state index contributed by atoms with van der Waals surface area (Å²) in [5, 5.41) is 3.03. The van der Waals surface area contributed by atoms with E-state index in [1.165, 1.54) is 0 Å². The van der Waals surface area contributed by atoms with E-state index in [2.05, 4.69) is 26.2 Å². The van der Waals surface area contributed by atoms with Gasteiger partial charge in [-0.3, -0.25) is 0 Å². The van der Waals surface area contributed by atoms with Crippen LogP contribution in [0.25, 0.3) is 0 Å². The quantitative estimate of drug-likeness (QED) is 0.450. The fraction of sp³-hybridized carbons (Fsp3) is 0.304. The number of nitrogens with one attached hydrogen (secondary N) is 1. The SMILES string of the molecule is CCOc1ccccc1CN(CCCn1ccnc1)C(=O)Nc1ccc(Br)c(C)c1. The number of para-hydroxylation sites is 1. The molecule has 0 aliphatic rings. The minimum atomic E-state index is -0.131. The number of ether oxygens (including phenoxy) is 1. The van der Waals surface area contributed by atoms with Gasteiger partial charge in [0.15, 0.2) is 0 Å². The van der Waals surface area contributed by atoms with Crippen LogP contribution in [0.5, 0.6) is 5.75 Å². The number of carbonyl (C=O) groups is 1. The molecule has 0 aliphatic heterocycles. The summed E-state index contributed by atoms with van der Waals surface area (Å²) in [6.45, 7) is 6.43. The summed E-state index contributed by atoms with van der Waals surface area (Å²) in [7, 11) is 0. The third-order valence-corrected chi connectivity index (χ3v) is 5.62. The topological polar surface area (TPSA) is 59.4 Å². The Bertz CT molecular complexity index is 960. The summed E-state index contributed by atoms with van der Waals surface area (Å²) in [6, 6.07) is 13.5. The number of hydrogen-bond donors (Lipinski definition) is 1. The number of urea groups is 1. The maximum atomic E-state index is 13.1. The van der Waals surface area contributed by atoms with Crippen molar-refractivity contribution in [3.8, 4) is 5.75 Å². The number of aromatic nitrogens is 2. The van der Waals surface area contributed by atoms with Crippen LogP contribution in [0.4, 0.5) is 10.5 Å². The van der Waals surface area contributed by atoms with Gasteiger partial charge < -0.3 is 19.5 Å². The van der Waals surface area contributed by atoms with Gasteiger partial charge in [0.2, 0.25) is 0 Å². The molecule has 0 radical (unpaired) electrons. The van der Waals surface area contributed by atoms with Gasteiger partial charge in [-0.15, -0.1) is 0 Å². The second kappa shape index (κ2) is 10.8. The monoisotopic (exact) mass is 470 g/mol. The minimum absolute atomic E-state index is 0.131. The smallest absolute Gasteiger partial charge is 0.322 e. The zero-order valence-corrected chi connectivity index (χ0v) is 18.9. The predicted molar refractivity (Wildman–Crippen MR) is 123 cm³/mol. The highest BCUT2D eigenvalue weighted by Gasteiger charge is 2.16. The predicted octanol–water partition coefficient (Wildman–Crippen LogP) is 5.48. The highest BCUT2D eigenvalue weighted by molar-refractivity contribution is 9.10. The Balaban J connectivity index is 1.73. The molecule has 0 fully saturated rings. The highest BCUT2D eigenvalue weighted by atomic mass is 79.9. The molecule has 0 spiro atoms. The van der Waals surface area contributed by atoms with Gasteiger partial charge in [0, 0.05) is 41.2 Å². The Morgan fingerprint density at radius 3 is 2.83 bits per heavy atom. The molecule has 1 heterocycles. The fourth-order valence-corrected chi connectivity index (χ4v) is 3.42. The van der Waals surface area contributed by atoms with E-state index < -0.39 is 0 Å². The van der Waals surface area contributed by atoms with Crippen molar-refractivity contribution in [2.24, 2.45) is 0 Å². The molecule has 0 bridgehead atoms. The molecule has 0 unspecified atom stereocenters. The summed E-state index contributed by atoms with van der Waals surface area (Å²) >= 11 is 3.50. The van der Waals surface area contributed by atoms with Gasteiger partial charge >= 0.3 is 6.03 Å². The summed E-state index contributed by atoms with van der Waals surface area (Å²) in [5.74, 6) is 0.812. The number of imidazole rings is 1. The fourth-order valence-electron chi connectivity index (χ4n) is 3.18. The molecule has 7 heteroatoms. The highest BCUT2D eigenvalue weighted by Crippen LogP contribution is 2.22. The molecule has 6 nitrogen and oxygen atoms in total. The molecule has 2 amide bonds. The van der Waals surface area contributed by atoms with Crippen LogP contribution in [-0.2, 0) is 13.1 Å². The third-order valence-electron chi connectivity index (χ3n) is 4.73. The van der Waals surface area contributed by atoms with Crippen molar-refractivity contribution in [1.29, 1.82) is 0 Å². The zero-order chi connectivity index (χ0) is 21.3. The average molecular weight is 471 g/mol. The number of aryl methyl sites for hydroxylation is 2. The first kappa shape index (κ1) is 21.9. The normalized spacial score (nSPS) is 10.6. The first-order chi connectivity index (χ1) is 14.6. The number of nitrogens with zero attached hydrogens (tertiary/aromatic N) is 3. The van der Waals surface area contributed by atoms with E-state index in [0.29, 0.717) is 19.7 Å². The molecule has 1 aromatic heterocycles. The molecule has 0 atom stereocenters. The van der Waals surface area contributed by atoms with E-state index in [4.69, 9.17) is 4.74 Å². The van der Waals surface area contributed by atoms with Gasteiger partial charge in [-0.2, -0.15) is 0 Å². The van der Waals surface area contributed by atoms with E-state index in [1.807, 2.05) is 72.0 Å². The molecule has 1 N–H and O–H groups in total. The number of benzene rings is 2. The van der Waals surface area contributed by atoms with E-state index in [-0.39, 0.29) is 6.03 Å². The number of carbonyl (C=O) groups excluding carboxylic acids is 1. The van der Waals surface area contributed by atoms with E-state index in [0.717, 1.165) is 40.0 Å². The Hall–Kier alpha value is -2.80. The summed E-state index contributed by atoms with van der Waals surface area (Å²) in [5.41, 5.74) is 2.84. The van der Waals surface area contributed by atoms with Crippen LogP contribution in [0.3, 0.4) is 0 Å². The number of amides is 2. The molecule has 2 aromatic carbocycles. The lowest BCUT2D eigenvalue weighted by Crippen LogP contribution is -2.35. The van der Waals surface area contributed by atoms with Gasteiger partial charge in [0.1, 0.15) is 5.75 Å². The van der Waals surface area contributed by atoms with Crippen molar-refractivity contribution in [2.75, 3.05) is 18.5 Å². The molecule has 0 saturated carbocycles. The number of anilines is 1. The van der Waals surface area contributed by atoms with Gasteiger partial charge in [-0.25, -0.2) is 9.78 Å². The molecular weight excluding hydrogens is 444 g/mol. The van der Waals surface area contributed by atoms with E-state index in [9.17, 15) is 4.79 Å². The Kier molecular flexibility index (Phi) is 7.90. The number of rotatable bonds is 9. The molecule has 3 aromatic rings. The van der Waals surface area contributed by atoms with Crippen LogP contribution < -0.4 is 10.1 Å². The van der Waals surface area contributed by atoms with Crippen molar-refractivity contribution in [2.45, 2.75) is 33.4 Å². The second-order valence-electron chi connectivity index (χ2n) is 7.01. The van der Waals surface area contributed by atoms with Gasteiger partial charge in [0.25, 0.3) is 0 Å². The lowest BCUT2D eigenvalue weighted by atomic mass is 10.2. The van der Waals surface area contributed by atoms with Crippen LogP contribution in [0.15, 0.2) is 65.7 Å². The lowest BCUT2D eigenvalue weighted by molar-refractivity contribution is 0.206. The van der Waals surface area contributed by atoms with Crippen LogP contribution >= 0.6 is 15.9 Å². The third kappa shape index (κ3) is 6.10. The molecule has 3 rings (SSSR count). The molecule has 0 saturated heterocycles. The lowest BCUT2D eigenvalue weighted by Gasteiger charge is -2.24. The van der Waals surface area contributed by atoms with Crippen LogP contribution in [0.2, 0.25) is 0 Å². The standard InChI is InChI=1S/C23H27BrN4O2/c1-3-30-22-8-5-4-7-19(22)16-28(13-6-12-27-14-11-25-17-27)23(29)26-20-9-10-21(24)18(2)15-20/h4-5,7-11,14-15,17H,3,6,12-13,16H2,1-2H3,(H,26,29). The van der Waals surface area contributed by atoms with Crippen molar-refractivity contribution in [3.05, 3.63) is 76.8 Å². The molecule has 0 aliphatic carbocycles. The van der Waals surface area contributed by atoms with E-state index in [1.54, 1.807) is 12.5 Å². The largest absolute Gasteiger partial charge is 0.494 e. The van der Waals surface area contributed by atoms with Crippen LogP contribution in [-0.4, -0.2) is 33.6 Å². The van der Waals surface area contributed by atoms with Crippen LogP contribution in [0.1, 0.15) is 24.5 Å². The summed E-state index contributed by atoms with van der Waals surface area (Å²) < 4.78 is 8.79. The zero-order valence-electron chi connectivity index (χ0n) is 17.3. The second-order valence-corrected chi connectivity index (χ2v) is 7.86. The number of halogens is 1. The maximum Gasteiger partial charge on any atom is 0.322 e. The van der Waals surface area contributed by atoms with Gasteiger partial charge in [-0.1, -0.05) is 34.1 Å². The first-order valence-corrected chi connectivity index (χ1v) is 10.8. The summed E-state index contributed by atoms with van der Waals surface area (Å²) in [4.78, 5) is 19.0. The van der Waals surface area contributed by atoms with E-state index >= 15 is 0 Å². The van der Waals surface area contributed by atoms with Crippen molar-refractivity contribution in [3.63, 3.8) is 0 Å². The molecule has 30 heavy (non-hydrogen) atoms. The van der Waals surface area contributed by atoms with Crippen LogP contribution in [0, 0.1) is 6.92 Å².